The summed E-state index contributed by atoms with van der Waals surface area (Å²) in [6, 6.07) is 12.9. The Morgan fingerprint density at radius 3 is 2.29 bits per heavy atom. The first kappa shape index (κ1) is 29.5. The van der Waals surface area contributed by atoms with Crippen molar-refractivity contribution in [1.82, 2.24) is 24.8 Å². The largest absolute Gasteiger partial charge is 0.378 e. The number of anilines is 3. The van der Waals surface area contributed by atoms with Gasteiger partial charge in [0, 0.05) is 72.9 Å². The third-order valence-corrected chi connectivity index (χ3v) is 7.22. The summed E-state index contributed by atoms with van der Waals surface area (Å²) in [5.74, 6) is -0.603. The molecule has 3 heterocycles. The van der Waals surface area contributed by atoms with Gasteiger partial charge in [-0.05, 0) is 54.6 Å². The Balaban J connectivity index is 1.28. The molecule has 0 atom stereocenters. The monoisotopic (exact) mass is 610 g/mol. The van der Waals surface area contributed by atoms with E-state index in [0.717, 1.165) is 0 Å². The van der Waals surface area contributed by atoms with Crippen LogP contribution in [-0.2, 0) is 4.74 Å². The molecule has 5 aromatic rings. The number of halogens is 2. The quantitative estimate of drug-likeness (QED) is 0.268. The highest BCUT2D eigenvalue weighted by atomic mass is 19.1. The van der Waals surface area contributed by atoms with Crippen molar-refractivity contribution < 1.29 is 23.1 Å². The van der Waals surface area contributed by atoms with Crippen LogP contribution in [0.15, 0.2) is 73.3 Å². The third-order valence-electron chi connectivity index (χ3n) is 7.22. The number of hydrogen-bond donors (Lipinski definition) is 2. The van der Waals surface area contributed by atoms with Gasteiger partial charge in [0.25, 0.3) is 5.91 Å². The van der Waals surface area contributed by atoms with Crippen LogP contribution in [0.1, 0.15) is 10.4 Å². The lowest BCUT2D eigenvalue weighted by Gasteiger charge is -2.29. The van der Waals surface area contributed by atoms with E-state index in [1.54, 1.807) is 50.5 Å². The van der Waals surface area contributed by atoms with E-state index in [2.05, 4.69) is 25.6 Å². The minimum Gasteiger partial charge on any atom is -0.378 e. The molecule has 0 unspecified atom stereocenters. The number of aromatic nitrogens is 4. The minimum atomic E-state index is -0.701. The number of carbonyl (C=O) groups is 2. The lowest BCUT2D eigenvalue weighted by molar-refractivity contribution is 0.0827. The van der Waals surface area contributed by atoms with E-state index in [0.29, 0.717) is 65.4 Å². The molecule has 3 amide bonds. The van der Waals surface area contributed by atoms with Crippen molar-refractivity contribution in [3.63, 3.8) is 0 Å². The predicted octanol–water partition coefficient (Wildman–Crippen LogP) is 5.21. The van der Waals surface area contributed by atoms with Crippen LogP contribution in [0.25, 0.3) is 33.4 Å². The van der Waals surface area contributed by atoms with Crippen molar-refractivity contribution in [1.29, 1.82) is 0 Å². The van der Waals surface area contributed by atoms with Crippen molar-refractivity contribution in [2.45, 2.75) is 0 Å². The van der Waals surface area contributed by atoms with Gasteiger partial charge >= 0.3 is 6.03 Å². The Morgan fingerprint density at radius 1 is 0.867 bits per heavy atom. The minimum absolute atomic E-state index is 0.0571. The highest BCUT2D eigenvalue weighted by Crippen LogP contribution is 2.34. The molecule has 45 heavy (non-hydrogen) atoms. The highest BCUT2D eigenvalue weighted by molar-refractivity contribution is 6.01. The zero-order chi connectivity index (χ0) is 31.5. The predicted molar refractivity (Wildman–Crippen MR) is 166 cm³/mol. The van der Waals surface area contributed by atoms with Crippen molar-refractivity contribution in [2.75, 3.05) is 55.9 Å². The number of rotatable bonds is 6. The average Bonchev–Trinajstić information content (AvgIpc) is 3.05. The summed E-state index contributed by atoms with van der Waals surface area (Å²) in [5.41, 5.74) is 2.43. The number of ether oxygens (including phenoxy) is 1. The molecule has 0 radical (unpaired) electrons. The van der Waals surface area contributed by atoms with Gasteiger partial charge in [-0.15, -0.1) is 0 Å². The number of amides is 3. The Hall–Kier alpha value is -5.56. The number of nitrogens with zero attached hydrogens (tertiary/aromatic N) is 6. The first-order chi connectivity index (χ1) is 21.8. The molecule has 1 fully saturated rings. The van der Waals surface area contributed by atoms with Crippen LogP contribution >= 0.6 is 0 Å². The maximum Gasteiger partial charge on any atom is 0.323 e. The van der Waals surface area contributed by atoms with Crippen LogP contribution in [0.4, 0.5) is 30.8 Å². The number of hydrogen-bond acceptors (Lipinski definition) is 8. The Bertz CT molecular complexity index is 1880. The summed E-state index contributed by atoms with van der Waals surface area (Å²) in [4.78, 5) is 45.5. The third kappa shape index (κ3) is 6.38. The molecule has 13 heteroatoms. The van der Waals surface area contributed by atoms with Crippen LogP contribution in [-0.4, -0.2) is 77.2 Å². The van der Waals surface area contributed by atoms with Crippen molar-refractivity contribution in [2.24, 2.45) is 0 Å². The van der Waals surface area contributed by atoms with E-state index in [9.17, 15) is 9.59 Å². The Labute approximate surface area is 256 Å². The maximum atomic E-state index is 15.3. The lowest BCUT2D eigenvalue weighted by Crippen LogP contribution is -2.37. The van der Waals surface area contributed by atoms with Gasteiger partial charge in [-0.2, -0.15) is 0 Å². The van der Waals surface area contributed by atoms with Gasteiger partial charge in [0.15, 0.2) is 5.82 Å². The molecule has 6 rings (SSSR count). The second-order valence-electron chi connectivity index (χ2n) is 10.5. The molecule has 0 bridgehead atoms. The Kier molecular flexibility index (Phi) is 8.25. The van der Waals surface area contributed by atoms with Gasteiger partial charge in [0.1, 0.15) is 23.8 Å². The van der Waals surface area contributed by atoms with Crippen LogP contribution in [0.5, 0.6) is 0 Å². The van der Waals surface area contributed by atoms with Crippen LogP contribution in [0.3, 0.4) is 0 Å². The lowest BCUT2D eigenvalue weighted by atomic mass is 10.0. The van der Waals surface area contributed by atoms with E-state index >= 15 is 8.78 Å². The second-order valence-corrected chi connectivity index (χ2v) is 10.5. The molecule has 11 nitrogen and oxygen atoms in total. The van der Waals surface area contributed by atoms with Crippen molar-refractivity contribution in [3.8, 4) is 22.5 Å². The summed E-state index contributed by atoms with van der Waals surface area (Å²) in [6.45, 7) is 2.06. The number of fused-ring (bicyclic) bond motifs is 1. The molecule has 1 saturated heterocycles. The van der Waals surface area contributed by atoms with Gasteiger partial charge < -0.3 is 25.2 Å². The summed E-state index contributed by atoms with van der Waals surface area (Å²) >= 11 is 0. The smallest absolute Gasteiger partial charge is 0.323 e. The fourth-order valence-corrected chi connectivity index (χ4v) is 4.93. The van der Waals surface area contributed by atoms with Crippen LogP contribution in [0, 0.1) is 11.6 Å². The molecule has 0 aliphatic carbocycles. The average molecular weight is 611 g/mol. The normalized spacial score (nSPS) is 13.0. The zero-order valence-electron chi connectivity index (χ0n) is 24.4. The summed E-state index contributed by atoms with van der Waals surface area (Å²) in [5, 5.41) is 5.63. The molecule has 228 valence electrons. The van der Waals surface area contributed by atoms with Crippen LogP contribution < -0.4 is 15.5 Å². The number of morpholine rings is 1. The van der Waals surface area contributed by atoms with Crippen molar-refractivity contribution >= 4 is 40.0 Å². The topological polar surface area (TPSA) is 125 Å². The second kappa shape index (κ2) is 12.6. The molecule has 3 aromatic carbocycles. The number of benzene rings is 3. The summed E-state index contributed by atoms with van der Waals surface area (Å²) in [7, 11) is 3.30. The van der Waals surface area contributed by atoms with Gasteiger partial charge in [-0.25, -0.2) is 33.5 Å². The summed E-state index contributed by atoms with van der Waals surface area (Å²) in [6.07, 6.45) is 4.39. The molecule has 0 saturated carbocycles. The fourth-order valence-electron chi connectivity index (χ4n) is 4.93. The fraction of sp³-hybridized carbons (Fsp3) is 0.188. The van der Waals surface area contributed by atoms with E-state index in [1.807, 2.05) is 4.90 Å². The number of nitrogens with one attached hydrogen (secondary N) is 2. The van der Waals surface area contributed by atoms with Gasteiger partial charge in [0.05, 0.1) is 24.4 Å². The molecule has 2 N–H and O–H groups in total. The number of carbonyl (C=O) groups excluding carboxylic acids is 2. The molecule has 0 spiro atoms. The van der Waals surface area contributed by atoms with E-state index in [4.69, 9.17) is 9.72 Å². The van der Waals surface area contributed by atoms with E-state index < -0.39 is 17.7 Å². The molecular formula is C32H28F2N8O3. The van der Waals surface area contributed by atoms with Crippen LogP contribution in [0.2, 0.25) is 0 Å². The van der Waals surface area contributed by atoms with E-state index in [1.165, 1.54) is 41.8 Å². The first-order valence-electron chi connectivity index (χ1n) is 14.1. The highest BCUT2D eigenvalue weighted by Gasteiger charge is 2.21. The molecular weight excluding hydrogens is 582 g/mol. The SMILES string of the molecule is CN(C)C(=O)c1ccc(NC(=O)Nc2ccc(-c3nc(N4CCOCC4)c4cc(F)c(-c5cncnc5)cc4n3)cc2F)cc1. The maximum absolute atomic E-state index is 15.3. The van der Waals surface area contributed by atoms with Gasteiger partial charge in [0.2, 0.25) is 0 Å². The molecule has 2 aromatic heterocycles. The standard InChI is InChI=1S/C32H28F2N8O3/c1-41(2)31(43)19-3-6-22(7-4-19)37-32(44)39-27-8-5-20(13-26(27)34)29-38-28-15-23(21-16-35-18-36-17-21)25(33)14-24(28)30(40-29)42-9-11-45-12-10-42/h3-8,13-18H,9-12H2,1-2H3,(H2,37,39,44). The number of urea groups is 1. The molecule has 1 aliphatic rings. The van der Waals surface area contributed by atoms with Crippen molar-refractivity contribution in [3.05, 3.63) is 90.5 Å². The Morgan fingerprint density at radius 2 is 1.60 bits per heavy atom. The van der Waals surface area contributed by atoms with E-state index in [-0.39, 0.29) is 23.0 Å². The van der Waals surface area contributed by atoms with Gasteiger partial charge in [-0.3, -0.25) is 4.79 Å². The van der Waals surface area contributed by atoms with Gasteiger partial charge in [-0.1, -0.05) is 0 Å². The zero-order valence-corrected chi connectivity index (χ0v) is 24.4. The first-order valence-corrected chi connectivity index (χ1v) is 14.1. The molecule has 1 aliphatic heterocycles. The summed E-state index contributed by atoms with van der Waals surface area (Å²) < 4.78 is 36.2.